The van der Waals surface area contributed by atoms with Crippen LogP contribution in [0.15, 0.2) is 0 Å². The maximum atomic E-state index is 3.49. The van der Waals surface area contributed by atoms with Crippen molar-refractivity contribution in [3.63, 3.8) is 0 Å². The first-order valence-corrected chi connectivity index (χ1v) is 5.60. The minimum atomic E-state index is 0.623. The smallest absolute Gasteiger partial charge is 0.0488 e. The van der Waals surface area contributed by atoms with Gasteiger partial charge in [-0.05, 0) is 32.1 Å². The van der Waals surface area contributed by atoms with Crippen molar-refractivity contribution < 1.29 is 0 Å². The number of nitrogens with one attached hydrogen (secondary N) is 1. The van der Waals surface area contributed by atoms with Crippen molar-refractivity contribution in [2.24, 2.45) is 11.8 Å². The predicted molar refractivity (Wildman–Crippen MR) is 55.5 cm³/mol. The minimum Gasteiger partial charge on any atom is -0.302 e. The molecule has 0 aromatic heterocycles. The minimum absolute atomic E-state index is 0.623. The predicted octanol–water partition coefficient (Wildman–Crippen LogP) is 1.67. The summed E-state index contributed by atoms with van der Waals surface area (Å²) in [6.07, 6.45) is 1.46. The summed E-state index contributed by atoms with van der Waals surface area (Å²) in [5, 5.41) is 3.49. The second-order valence-electron chi connectivity index (χ2n) is 5.22. The molecule has 2 nitrogen and oxygen atoms in total. The fraction of sp³-hybridized carbons (Fsp3) is 1.00. The van der Waals surface area contributed by atoms with E-state index in [0.717, 1.165) is 30.6 Å². The summed E-state index contributed by atoms with van der Waals surface area (Å²) in [4.78, 5) is 2.62. The van der Waals surface area contributed by atoms with Gasteiger partial charge in [-0.1, -0.05) is 13.8 Å². The molecule has 2 heteroatoms. The first kappa shape index (κ1) is 9.47. The van der Waals surface area contributed by atoms with E-state index in [0.29, 0.717) is 6.04 Å². The Morgan fingerprint density at radius 2 is 1.85 bits per heavy atom. The highest BCUT2D eigenvalue weighted by atomic mass is 15.4. The normalized spacial score (nSPS) is 37.8. The van der Waals surface area contributed by atoms with Gasteiger partial charge in [0, 0.05) is 24.8 Å². The van der Waals surface area contributed by atoms with E-state index in [2.05, 4.69) is 37.9 Å². The van der Waals surface area contributed by atoms with E-state index in [4.69, 9.17) is 0 Å². The van der Waals surface area contributed by atoms with Crippen molar-refractivity contribution >= 4 is 0 Å². The van der Waals surface area contributed by atoms with Gasteiger partial charge in [0.2, 0.25) is 0 Å². The second kappa shape index (κ2) is 3.25. The first-order chi connectivity index (χ1) is 6.11. The Bertz CT molecular complexity index is 179. The summed E-state index contributed by atoms with van der Waals surface area (Å²) in [6.45, 7) is 10.3. The molecule has 2 heterocycles. The van der Waals surface area contributed by atoms with Crippen molar-refractivity contribution in [1.82, 2.24) is 10.2 Å². The summed E-state index contributed by atoms with van der Waals surface area (Å²) in [5.41, 5.74) is 0. The van der Waals surface area contributed by atoms with E-state index >= 15 is 0 Å². The lowest BCUT2D eigenvalue weighted by molar-refractivity contribution is -0.194. The van der Waals surface area contributed by atoms with Crippen LogP contribution in [0, 0.1) is 11.8 Å². The maximum absolute atomic E-state index is 3.49. The molecule has 0 aromatic rings. The maximum Gasteiger partial charge on any atom is 0.0488 e. The highest BCUT2D eigenvalue weighted by Gasteiger charge is 2.59. The summed E-state index contributed by atoms with van der Waals surface area (Å²) < 4.78 is 0. The molecule has 2 unspecified atom stereocenters. The van der Waals surface area contributed by atoms with Crippen LogP contribution < -0.4 is 5.32 Å². The molecule has 2 atom stereocenters. The fourth-order valence-electron chi connectivity index (χ4n) is 2.75. The van der Waals surface area contributed by atoms with Crippen LogP contribution in [0.1, 0.15) is 34.1 Å². The van der Waals surface area contributed by atoms with Crippen molar-refractivity contribution in [3.8, 4) is 0 Å². The van der Waals surface area contributed by atoms with Crippen molar-refractivity contribution in [2.75, 3.05) is 6.67 Å². The molecule has 3 fully saturated rings. The van der Waals surface area contributed by atoms with Gasteiger partial charge in [0.25, 0.3) is 0 Å². The summed E-state index contributed by atoms with van der Waals surface area (Å²) in [6, 6.07) is 2.45. The van der Waals surface area contributed by atoms with Gasteiger partial charge >= 0.3 is 0 Å². The number of rotatable bonds is 4. The molecule has 13 heavy (non-hydrogen) atoms. The zero-order valence-electron chi connectivity index (χ0n) is 9.25. The van der Waals surface area contributed by atoms with E-state index < -0.39 is 0 Å². The highest BCUT2D eigenvalue weighted by Crippen LogP contribution is 2.52. The van der Waals surface area contributed by atoms with Gasteiger partial charge < -0.3 is 5.32 Å². The Hall–Kier alpha value is -0.0800. The van der Waals surface area contributed by atoms with E-state index in [1.807, 2.05) is 0 Å². The average Bonchev–Trinajstić information content (AvgIpc) is 1.78. The third-order valence-corrected chi connectivity index (χ3v) is 3.68. The van der Waals surface area contributed by atoms with E-state index in [9.17, 15) is 0 Å². The Morgan fingerprint density at radius 1 is 1.23 bits per heavy atom. The van der Waals surface area contributed by atoms with Gasteiger partial charge in [-0.3, -0.25) is 4.90 Å². The highest BCUT2D eigenvalue weighted by molar-refractivity contribution is 5.13. The molecular weight excluding hydrogens is 160 g/mol. The monoisotopic (exact) mass is 182 g/mol. The lowest BCUT2D eigenvalue weighted by Crippen LogP contribution is -2.78. The largest absolute Gasteiger partial charge is 0.302 e. The number of hydrogen-bond donors (Lipinski definition) is 1. The molecule has 0 amide bonds. The summed E-state index contributed by atoms with van der Waals surface area (Å²) in [7, 11) is 0. The van der Waals surface area contributed by atoms with E-state index in [1.165, 1.54) is 6.42 Å². The van der Waals surface area contributed by atoms with Crippen molar-refractivity contribution in [2.45, 2.75) is 52.2 Å². The molecule has 1 saturated carbocycles. The van der Waals surface area contributed by atoms with Gasteiger partial charge in [-0.25, -0.2) is 0 Å². The van der Waals surface area contributed by atoms with Crippen LogP contribution >= 0.6 is 0 Å². The zero-order chi connectivity index (χ0) is 9.59. The molecule has 3 aliphatic rings. The Labute approximate surface area is 81.7 Å². The van der Waals surface area contributed by atoms with Gasteiger partial charge in [-0.2, -0.15) is 0 Å². The van der Waals surface area contributed by atoms with Gasteiger partial charge in [-0.15, -0.1) is 0 Å². The van der Waals surface area contributed by atoms with Crippen molar-refractivity contribution in [3.05, 3.63) is 0 Å². The molecule has 0 radical (unpaired) electrons. The molecule has 0 aromatic carbocycles. The lowest BCUT2D eigenvalue weighted by atomic mass is 9.58. The summed E-state index contributed by atoms with van der Waals surface area (Å²) in [5.74, 6) is 1.90. The number of nitrogens with zero attached hydrogens (tertiary/aromatic N) is 1. The molecule has 1 aliphatic carbocycles. The zero-order valence-corrected chi connectivity index (χ0v) is 9.25. The topological polar surface area (TPSA) is 15.3 Å². The molecule has 2 saturated heterocycles. The van der Waals surface area contributed by atoms with Gasteiger partial charge in [0.15, 0.2) is 0 Å². The van der Waals surface area contributed by atoms with Gasteiger partial charge in [0.05, 0.1) is 0 Å². The van der Waals surface area contributed by atoms with Gasteiger partial charge in [0.1, 0.15) is 0 Å². The standard InChI is InChI=1S/C11H22N2/c1-7(2)11-9-5-10(11)13(9)6-12-8(3)4/h7-12H,5-6H2,1-4H3. The van der Waals surface area contributed by atoms with Crippen LogP contribution in [0.3, 0.4) is 0 Å². The van der Waals surface area contributed by atoms with Crippen LogP contribution in [0.5, 0.6) is 0 Å². The Kier molecular flexibility index (Phi) is 2.37. The molecular formula is C11H22N2. The van der Waals surface area contributed by atoms with Crippen molar-refractivity contribution in [1.29, 1.82) is 0 Å². The van der Waals surface area contributed by atoms with Crippen LogP contribution in [-0.4, -0.2) is 29.7 Å². The molecule has 1 N–H and O–H groups in total. The molecule has 76 valence electrons. The quantitative estimate of drug-likeness (QED) is 0.711. The van der Waals surface area contributed by atoms with Crippen LogP contribution in [0.2, 0.25) is 0 Å². The number of hydrogen-bond acceptors (Lipinski definition) is 2. The molecule has 3 rings (SSSR count). The van der Waals surface area contributed by atoms with Crippen LogP contribution in [0.25, 0.3) is 0 Å². The Balaban J connectivity index is 1.72. The molecule has 0 spiro atoms. The molecule has 2 aliphatic heterocycles. The molecule has 2 bridgehead atoms. The second-order valence-corrected chi connectivity index (χ2v) is 5.22. The third-order valence-electron chi connectivity index (χ3n) is 3.68. The average molecular weight is 182 g/mol. The van der Waals surface area contributed by atoms with Crippen LogP contribution in [0.4, 0.5) is 0 Å². The van der Waals surface area contributed by atoms with Crippen LogP contribution in [-0.2, 0) is 0 Å². The van der Waals surface area contributed by atoms with E-state index in [1.54, 1.807) is 0 Å². The SMILES string of the molecule is CC(C)NCN1C2CC1C2C(C)C. The Morgan fingerprint density at radius 3 is 2.23 bits per heavy atom. The first-order valence-electron chi connectivity index (χ1n) is 5.60. The third kappa shape index (κ3) is 1.40. The summed E-state index contributed by atoms with van der Waals surface area (Å²) >= 11 is 0. The fourth-order valence-corrected chi connectivity index (χ4v) is 2.75. The van der Waals surface area contributed by atoms with E-state index in [-0.39, 0.29) is 0 Å². The lowest BCUT2D eigenvalue weighted by Gasteiger charge is -2.69.